The molecule has 3 aromatic carbocycles. The second kappa shape index (κ2) is 10.9. The molecule has 8 nitrogen and oxygen atoms in total. The molecule has 0 radical (unpaired) electrons. The molecule has 41 heavy (non-hydrogen) atoms. The Bertz CT molecular complexity index is 1630. The van der Waals surface area contributed by atoms with E-state index in [0.717, 1.165) is 41.0 Å². The van der Waals surface area contributed by atoms with E-state index < -0.39 is 6.04 Å². The van der Waals surface area contributed by atoms with Gasteiger partial charge in [-0.05, 0) is 79.9 Å². The second-order valence-corrected chi connectivity index (χ2v) is 10.7. The Hall–Kier alpha value is -4.43. The van der Waals surface area contributed by atoms with Crippen molar-refractivity contribution in [2.24, 2.45) is 0 Å². The van der Waals surface area contributed by atoms with Crippen molar-refractivity contribution in [3.8, 4) is 17.2 Å². The molecule has 1 aromatic heterocycles. The van der Waals surface area contributed by atoms with Gasteiger partial charge in [-0.25, -0.2) is 4.79 Å². The predicted octanol–water partition coefficient (Wildman–Crippen LogP) is 6.59. The van der Waals surface area contributed by atoms with Crippen LogP contribution >= 0.6 is 11.6 Å². The molecule has 0 bridgehead atoms. The van der Waals surface area contributed by atoms with Crippen LogP contribution in [0.25, 0.3) is 5.69 Å². The van der Waals surface area contributed by atoms with Crippen LogP contribution in [-0.2, 0) is 4.79 Å². The zero-order valence-electron chi connectivity index (χ0n) is 23.1. The Morgan fingerprint density at radius 3 is 2.46 bits per heavy atom. The van der Waals surface area contributed by atoms with Crippen LogP contribution in [0.1, 0.15) is 35.7 Å². The van der Waals surface area contributed by atoms with Crippen molar-refractivity contribution in [3.63, 3.8) is 0 Å². The van der Waals surface area contributed by atoms with Crippen molar-refractivity contribution in [2.75, 3.05) is 31.0 Å². The molecule has 210 valence electrons. The van der Waals surface area contributed by atoms with Crippen LogP contribution in [-0.4, -0.2) is 48.2 Å². The van der Waals surface area contributed by atoms with Crippen LogP contribution in [0, 0.1) is 6.92 Å². The highest BCUT2D eigenvalue weighted by molar-refractivity contribution is 6.31. The van der Waals surface area contributed by atoms with Gasteiger partial charge in [0.1, 0.15) is 24.1 Å². The number of anilines is 2. The average molecular weight is 571 g/mol. The summed E-state index contributed by atoms with van der Waals surface area (Å²) in [5.41, 5.74) is 4.83. The van der Waals surface area contributed by atoms with Crippen molar-refractivity contribution in [1.82, 2.24) is 9.47 Å². The van der Waals surface area contributed by atoms with Gasteiger partial charge in [-0.15, -0.1) is 0 Å². The summed E-state index contributed by atoms with van der Waals surface area (Å²) in [5.74, 6) is 1.08. The SMILES string of the molecule is COc1ccc(OC)c(C2c3cccn3-c3ccccc3N2C(=O)CN(C(=O)Nc2ccc(C)c(Cl)c2)C2CC2)c1. The van der Waals surface area contributed by atoms with Crippen molar-refractivity contribution in [3.05, 3.63) is 101 Å². The molecule has 0 spiro atoms. The summed E-state index contributed by atoms with van der Waals surface area (Å²) in [4.78, 5) is 31.4. The quantitative estimate of drug-likeness (QED) is 0.272. The van der Waals surface area contributed by atoms with E-state index in [4.69, 9.17) is 21.1 Å². The first-order chi connectivity index (χ1) is 19.9. The van der Waals surface area contributed by atoms with E-state index in [1.54, 1.807) is 30.1 Å². The number of carbonyl (C=O) groups excluding carboxylic acids is 2. The molecule has 1 aliphatic carbocycles. The number of urea groups is 1. The molecule has 0 saturated heterocycles. The first-order valence-corrected chi connectivity index (χ1v) is 13.9. The van der Waals surface area contributed by atoms with Crippen molar-refractivity contribution >= 4 is 34.9 Å². The summed E-state index contributed by atoms with van der Waals surface area (Å²) in [6, 6.07) is 21.9. The Morgan fingerprint density at radius 2 is 1.76 bits per heavy atom. The zero-order chi connectivity index (χ0) is 28.7. The number of fused-ring (bicyclic) bond motifs is 3. The number of nitrogens with zero attached hydrogens (tertiary/aromatic N) is 3. The first-order valence-electron chi connectivity index (χ1n) is 13.5. The molecular formula is C32H31ClN4O4. The summed E-state index contributed by atoms with van der Waals surface area (Å²) in [5, 5.41) is 3.51. The minimum atomic E-state index is -0.516. The number of para-hydroxylation sites is 2. The number of amides is 3. The van der Waals surface area contributed by atoms with Crippen LogP contribution in [0.3, 0.4) is 0 Å². The maximum Gasteiger partial charge on any atom is 0.322 e. The van der Waals surface area contributed by atoms with E-state index in [9.17, 15) is 9.59 Å². The fourth-order valence-corrected chi connectivity index (χ4v) is 5.63. The van der Waals surface area contributed by atoms with E-state index in [2.05, 4.69) is 9.88 Å². The number of carbonyl (C=O) groups is 2. The number of methoxy groups -OCH3 is 2. The lowest BCUT2D eigenvalue weighted by molar-refractivity contribution is -0.119. The van der Waals surface area contributed by atoms with Gasteiger partial charge in [-0.3, -0.25) is 9.69 Å². The van der Waals surface area contributed by atoms with Gasteiger partial charge in [0.05, 0.1) is 31.3 Å². The summed E-state index contributed by atoms with van der Waals surface area (Å²) in [6.45, 7) is 1.82. The summed E-state index contributed by atoms with van der Waals surface area (Å²) in [7, 11) is 3.23. The lowest BCUT2D eigenvalue weighted by Crippen LogP contribution is -2.48. The number of ether oxygens (including phenoxy) is 2. The highest BCUT2D eigenvalue weighted by atomic mass is 35.5. The molecular weight excluding hydrogens is 540 g/mol. The lowest BCUT2D eigenvalue weighted by atomic mass is 9.96. The molecule has 1 unspecified atom stereocenters. The topological polar surface area (TPSA) is 76.0 Å². The Kier molecular flexibility index (Phi) is 7.09. The van der Waals surface area contributed by atoms with Crippen LogP contribution in [0.5, 0.6) is 11.5 Å². The zero-order valence-corrected chi connectivity index (χ0v) is 23.9. The van der Waals surface area contributed by atoms with E-state index >= 15 is 0 Å². The number of halogens is 1. The third-order valence-electron chi connectivity index (χ3n) is 7.70. The first kappa shape index (κ1) is 26.8. The van der Waals surface area contributed by atoms with Crippen molar-refractivity contribution in [2.45, 2.75) is 31.8 Å². The number of benzene rings is 3. The molecule has 1 saturated carbocycles. The molecule has 3 amide bonds. The Morgan fingerprint density at radius 1 is 0.976 bits per heavy atom. The monoisotopic (exact) mass is 570 g/mol. The van der Waals surface area contributed by atoms with E-state index in [1.807, 2.05) is 79.9 Å². The van der Waals surface area contributed by atoms with Gasteiger partial charge >= 0.3 is 6.03 Å². The second-order valence-electron chi connectivity index (χ2n) is 10.3. The van der Waals surface area contributed by atoms with Gasteiger partial charge in [0.25, 0.3) is 0 Å². The molecule has 6 rings (SSSR count). The number of rotatable bonds is 7. The smallest absolute Gasteiger partial charge is 0.322 e. The van der Waals surface area contributed by atoms with Gasteiger partial charge in [0.2, 0.25) is 5.91 Å². The Labute approximate surface area is 244 Å². The highest BCUT2D eigenvalue weighted by Crippen LogP contribution is 2.45. The number of nitrogens with one attached hydrogen (secondary N) is 1. The van der Waals surface area contributed by atoms with Crippen LogP contribution in [0.4, 0.5) is 16.2 Å². The minimum Gasteiger partial charge on any atom is -0.497 e. The van der Waals surface area contributed by atoms with Crippen molar-refractivity contribution in [1.29, 1.82) is 0 Å². The summed E-state index contributed by atoms with van der Waals surface area (Å²) >= 11 is 6.29. The standard InChI is InChI=1S/C32H31ClN4O4/c1-20-10-11-21(17-25(20)33)34-32(39)36(22-12-13-22)19-30(38)37-27-8-5-4-7-26(27)35-16-6-9-28(35)31(37)24-18-23(40-2)14-15-29(24)41-3/h4-11,14-18,22,31H,12-13,19H2,1-3H3,(H,34,39). The van der Waals surface area contributed by atoms with Crippen LogP contribution in [0.15, 0.2) is 79.0 Å². The lowest BCUT2D eigenvalue weighted by Gasteiger charge is -2.40. The maximum absolute atomic E-state index is 14.4. The molecule has 1 fully saturated rings. The van der Waals surface area contributed by atoms with Gasteiger partial charge in [-0.1, -0.05) is 29.8 Å². The van der Waals surface area contributed by atoms with Crippen LogP contribution < -0.4 is 19.7 Å². The van der Waals surface area contributed by atoms with Gasteiger partial charge in [0, 0.05) is 28.5 Å². The highest BCUT2D eigenvalue weighted by Gasteiger charge is 2.41. The summed E-state index contributed by atoms with van der Waals surface area (Å²) in [6.07, 6.45) is 3.69. The van der Waals surface area contributed by atoms with Crippen LogP contribution in [0.2, 0.25) is 5.02 Å². The van der Waals surface area contributed by atoms with E-state index in [1.165, 1.54) is 0 Å². The molecule has 2 aliphatic rings. The normalized spacial score (nSPS) is 15.5. The van der Waals surface area contributed by atoms with E-state index in [0.29, 0.717) is 22.2 Å². The number of hydrogen-bond donors (Lipinski definition) is 1. The fourth-order valence-electron chi connectivity index (χ4n) is 5.45. The van der Waals surface area contributed by atoms with Gasteiger partial charge < -0.3 is 24.3 Å². The predicted molar refractivity (Wildman–Crippen MR) is 160 cm³/mol. The number of hydrogen-bond acceptors (Lipinski definition) is 4. The molecule has 2 heterocycles. The van der Waals surface area contributed by atoms with Gasteiger partial charge in [-0.2, -0.15) is 0 Å². The van der Waals surface area contributed by atoms with E-state index in [-0.39, 0.29) is 24.5 Å². The molecule has 4 aromatic rings. The largest absolute Gasteiger partial charge is 0.497 e. The van der Waals surface area contributed by atoms with Gasteiger partial charge in [0.15, 0.2) is 0 Å². The molecule has 1 aliphatic heterocycles. The third kappa shape index (κ3) is 5.00. The average Bonchev–Trinajstić information content (AvgIpc) is 3.71. The maximum atomic E-state index is 14.4. The third-order valence-corrected chi connectivity index (χ3v) is 8.10. The minimum absolute atomic E-state index is 0.00595. The number of aromatic nitrogens is 1. The molecule has 1 atom stereocenters. The summed E-state index contributed by atoms with van der Waals surface area (Å²) < 4.78 is 13.4. The number of aryl methyl sites for hydroxylation is 1. The van der Waals surface area contributed by atoms with Crippen molar-refractivity contribution < 1.29 is 19.1 Å². The molecule has 1 N–H and O–H groups in total. The fraction of sp³-hybridized carbons (Fsp3) is 0.250. The molecule has 9 heteroatoms. The Balaban J connectivity index is 1.39.